The predicted molar refractivity (Wildman–Crippen MR) is 82.0 cm³/mol. The van der Waals surface area contributed by atoms with Gasteiger partial charge in [0.2, 0.25) is 10.0 Å². The fourth-order valence-electron chi connectivity index (χ4n) is 1.73. The van der Waals surface area contributed by atoms with Crippen LogP contribution in [0.2, 0.25) is 0 Å². The van der Waals surface area contributed by atoms with Crippen molar-refractivity contribution < 1.29 is 8.42 Å². The largest absolute Gasteiger partial charge is 0.315 e. The molecule has 1 aromatic heterocycles. The zero-order valence-corrected chi connectivity index (χ0v) is 13.5. The monoisotopic (exact) mass is 304 g/mol. The maximum absolute atomic E-state index is 11.9. The zero-order valence-electron chi connectivity index (χ0n) is 11.8. The maximum Gasteiger partial charge on any atom is 0.212 e. The van der Waals surface area contributed by atoms with E-state index in [2.05, 4.69) is 23.9 Å². The Hall–Kier alpha value is -0.430. The van der Waals surface area contributed by atoms with Crippen LogP contribution < -0.4 is 10.0 Å². The van der Waals surface area contributed by atoms with E-state index in [4.69, 9.17) is 0 Å². The van der Waals surface area contributed by atoms with Crippen molar-refractivity contribution in [3.05, 3.63) is 22.4 Å². The third kappa shape index (κ3) is 7.06. The number of nitrogens with one attached hydrogen (secondary N) is 2. The first-order valence-electron chi connectivity index (χ1n) is 6.66. The number of rotatable bonds is 9. The van der Waals surface area contributed by atoms with Gasteiger partial charge in [0.15, 0.2) is 0 Å². The van der Waals surface area contributed by atoms with Gasteiger partial charge in [-0.3, -0.25) is 0 Å². The van der Waals surface area contributed by atoms with Gasteiger partial charge in [0.05, 0.1) is 5.75 Å². The van der Waals surface area contributed by atoms with Gasteiger partial charge in [-0.1, -0.05) is 13.8 Å². The molecule has 4 nitrogen and oxygen atoms in total. The number of hydrogen-bond acceptors (Lipinski definition) is 4. The van der Waals surface area contributed by atoms with Crippen LogP contribution in [0.4, 0.5) is 0 Å². The average Bonchev–Trinajstić information content (AvgIpc) is 2.80. The molecule has 0 saturated heterocycles. The highest BCUT2D eigenvalue weighted by Gasteiger charge is 2.15. The number of sulfonamides is 1. The topological polar surface area (TPSA) is 58.2 Å². The molecular weight excluding hydrogens is 280 g/mol. The minimum atomic E-state index is -3.18. The molecule has 0 aliphatic heterocycles. The second-order valence-electron chi connectivity index (χ2n) is 5.03. The molecule has 1 aromatic rings. The molecule has 0 radical (unpaired) electrons. The SMILES string of the molecule is CC(C)NCCCCS(=O)(=O)NC(C)c1ccsc1. The van der Waals surface area contributed by atoms with Crippen molar-refractivity contribution in [2.24, 2.45) is 0 Å². The molecule has 0 aliphatic carbocycles. The molecule has 1 atom stereocenters. The molecule has 0 aliphatic rings. The van der Waals surface area contributed by atoms with E-state index in [0.717, 1.165) is 18.5 Å². The van der Waals surface area contributed by atoms with Crippen molar-refractivity contribution in [1.29, 1.82) is 0 Å². The van der Waals surface area contributed by atoms with Crippen LogP contribution in [0, 0.1) is 0 Å². The van der Waals surface area contributed by atoms with Crippen LogP contribution in [0.15, 0.2) is 16.8 Å². The summed E-state index contributed by atoms with van der Waals surface area (Å²) in [5.41, 5.74) is 1.02. The summed E-state index contributed by atoms with van der Waals surface area (Å²) in [6.07, 6.45) is 1.57. The molecule has 0 aromatic carbocycles. The lowest BCUT2D eigenvalue weighted by molar-refractivity contribution is 0.549. The molecule has 1 unspecified atom stereocenters. The van der Waals surface area contributed by atoms with Crippen LogP contribution in [-0.2, 0) is 10.0 Å². The summed E-state index contributed by atoms with van der Waals surface area (Å²) in [5.74, 6) is 0.196. The first-order valence-corrected chi connectivity index (χ1v) is 9.25. The van der Waals surface area contributed by atoms with Gasteiger partial charge in [-0.15, -0.1) is 0 Å². The molecule has 19 heavy (non-hydrogen) atoms. The van der Waals surface area contributed by atoms with E-state index in [1.54, 1.807) is 11.3 Å². The van der Waals surface area contributed by atoms with E-state index in [1.807, 2.05) is 23.8 Å². The summed E-state index contributed by atoms with van der Waals surface area (Å²) in [4.78, 5) is 0. The lowest BCUT2D eigenvalue weighted by atomic mass is 10.2. The first kappa shape index (κ1) is 16.6. The summed E-state index contributed by atoms with van der Waals surface area (Å²) < 4.78 is 26.5. The average molecular weight is 304 g/mol. The maximum atomic E-state index is 11.9. The third-order valence-electron chi connectivity index (χ3n) is 2.79. The van der Waals surface area contributed by atoms with E-state index in [9.17, 15) is 8.42 Å². The van der Waals surface area contributed by atoms with Crippen molar-refractivity contribution in [1.82, 2.24) is 10.0 Å². The minimum Gasteiger partial charge on any atom is -0.315 e. The standard InChI is InChI=1S/C13H24N2O2S2/c1-11(2)14-7-4-5-9-19(16,17)15-12(3)13-6-8-18-10-13/h6,8,10-12,14-15H,4-5,7,9H2,1-3H3. The molecule has 0 amide bonds. The molecule has 1 rings (SSSR count). The molecule has 2 N–H and O–H groups in total. The van der Waals surface area contributed by atoms with Crippen molar-refractivity contribution in [3.8, 4) is 0 Å². The second kappa shape index (κ2) is 7.99. The number of unbranched alkanes of at least 4 members (excludes halogenated alkanes) is 1. The highest BCUT2D eigenvalue weighted by molar-refractivity contribution is 7.89. The van der Waals surface area contributed by atoms with Gasteiger partial charge in [-0.05, 0) is 48.7 Å². The Morgan fingerprint density at radius 2 is 2.00 bits per heavy atom. The molecule has 110 valence electrons. The van der Waals surface area contributed by atoms with Gasteiger partial charge in [0, 0.05) is 12.1 Å². The van der Waals surface area contributed by atoms with Crippen LogP contribution in [0.1, 0.15) is 45.2 Å². The molecule has 0 spiro atoms. The summed E-state index contributed by atoms with van der Waals surface area (Å²) in [5, 5.41) is 7.21. The van der Waals surface area contributed by atoms with Gasteiger partial charge >= 0.3 is 0 Å². The number of thiophene rings is 1. The Balaban J connectivity index is 2.28. The normalized spacial score (nSPS) is 13.9. The molecular formula is C13H24N2O2S2. The van der Waals surface area contributed by atoms with Crippen molar-refractivity contribution in [2.45, 2.75) is 45.7 Å². The van der Waals surface area contributed by atoms with Crippen molar-refractivity contribution in [3.63, 3.8) is 0 Å². The molecule has 0 bridgehead atoms. The Labute approximate surface area is 120 Å². The fourth-order valence-corrected chi connectivity index (χ4v) is 3.86. The lowest BCUT2D eigenvalue weighted by Gasteiger charge is -2.13. The minimum absolute atomic E-state index is 0.148. The second-order valence-corrected chi connectivity index (χ2v) is 7.68. The number of hydrogen-bond donors (Lipinski definition) is 2. The highest BCUT2D eigenvalue weighted by Crippen LogP contribution is 2.16. The van der Waals surface area contributed by atoms with Gasteiger partial charge in [0.1, 0.15) is 0 Å². The Bertz CT molecular complexity index is 441. The van der Waals surface area contributed by atoms with E-state index in [-0.39, 0.29) is 11.8 Å². The summed E-state index contributed by atoms with van der Waals surface area (Å²) in [7, 11) is -3.18. The third-order valence-corrected chi connectivity index (χ3v) is 5.03. The summed E-state index contributed by atoms with van der Waals surface area (Å²) in [6, 6.07) is 2.25. The molecule has 1 heterocycles. The van der Waals surface area contributed by atoms with Gasteiger partial charge in [-0.25, -0.2) is 13.1 Å². The van der Waals surface area contributed by atoms with Gasteiger partial charge in [-0.2, -0.15) is 11.3 Å². The molecule has 6 heteroatoms. The lowest BCUT2D eigenvalue weighted by Crippen LogP contribution is -2.29. The van der Waals surface area contributed by atoms with Crippen molar-refractivity contribution >= 4 is 21.4 Å². The van der Waals surface area contributed by atoms with Crippen LogP contribution in [-0.4, -0.2) is 26.8 Å². The van der Waals surface area contributed by atoms with Crippen LogP contribution in [0.3, 0.4) is 0 Å². The summed E-state index contributed by atoms with van der Waals surface area (Å²) >= 11 is 1.58. The fraction of sp³-hybridized carbons (Fsp3) is 0.692. The zero-order chi connectivity index (χ0) is 14.3. The van der Waals surface area contributed by atoms with Crippen LogP contribution in [0.25, 0.3) is 0 Å². The molecule has 0 fully saturated rings. The van der Waals surface area contributed by atoms with Gasteiger partial charge < -0.3 is 5.32 Å². The Kier molecular flexibility index (Phi) is 6.99. The summed E-state index contributed by atoms with van der Waals surface area (Å²) in [6.45, 7) is 6.91. The van der Waals surface area contributed by atoms with E-state index in [1.165, 1.54) is 0 Å². The smallest absolute Gasteiger partial charge is 0.212 e. The van der Waals surface area contributed by atoms with Crippen molar-refractivity contribution in [2.75, 3.05) is 12.3 Å². The van der Waals surface area contributed by atoms with Gasteiger partial charge in [0.25, 0.3) is 0 Å². The first-order chi connectivity index (χ1) is 8.91. The van der Waals surface area contributed by atoms with E-state index in [0.29, 0.717) is 12.5 Å². The van der Waals surface area contributed by atoms with Crippen LogP contribution >= 0.6 is 11.3 Å². The Morgan fingerprint density at radius 1 is 1.26 bits per heavy atom. The van der Waals surface area contributed by atoms with E-state index < -0.39 is 10.0 Å². The quantitative estimate of drug-likeness (QED) is 0.689. The Morgan fingerprint density at radius 3 is 2.58 bits per heavy atom. The van der Waals surface area contributed by atoms with E-state index >= 15 is 0 Å². The van der Waals surface area contributed by atoms with Crippen LogP contribution in [0.5, 0.6) is 0 Å². The molecule has 0 saturated carbocycles. The highest BCUT2D eigenvalue weighted by atomic mass is 32.2. The predicted octanol–water partition coefficient (Wildman–Crippen LogP) is 2.51.